The van der Waals surface area contributed by atoms with Crippen LogP contribution in [-0.4, -0.2) is 13.2 Å². The van der Waals surface area contributed by atoms with Crippen molar-refractivity contribution in [3.05, 3.63) is 56.8 Å². The van der Waals surface area contributed by atoms with Crippen LogP contribution in [0.25, 0.3) is 0 Å². The molecule has 0 unspecified atom stereocenters. The SMILES string of the molecule is COc1cc(CNC2CCCCCCC2)c(Br)cc1OCc1ccc(F)cc1Cl. The van der Waals surface area contributed by atoms with Crippen LogP contribution in [0.5, 0.6) is 11.5 Å². The number of methoxy groups -OCH3 is 1. The van der Waals surface area contributed by atoms with Crippen LogP contribution in [-0.2, 0) is 13.2 Å². The first-order valence-corrected chi connectivity index (χ1v) is 11.4. The van der Waals surface area contributed by atoms with Gasteiger partial charge in [-0.15, -0.1) is 0 Å². The summed E-state index contributed by atoms with van der Waals surface area (Å²) < 4.78 is 25.6. The fraction of sp³-hybridized carbons (Fsp3) is 0.478. The Labute approximate surface area is 186 Å². The molecule has 0 amide bonds. The number of benzene rings is 2. The minimum Gasteiger partial charge on any atom is -0.493 e. The Kier molecular flexibility index (Phi) is 8.64. The summed E-state index contributed by atoms with van der Waals surface area (Å²) in [4.78, 5) is 0. The molecule has 3 nitrogen and oxygen atoms in total. The Hall–Kier alpha value is -1.30. The van der Waals surface area contributed by atoms with Gasteiger partial charge in [-0.05, 0) is 42.7 Å². The molecule has 6 heteroatoms. The maximum absolute atomic E-state index is 13.2. The molecule has 1 aliphatic rings. The van der Waals surface area contributed by atoms with Gasteiger partial charge in [-0.1, -0.05) is 65.7 Å². The van der Waals surface area contributed by atoms with E-state index < -0.39 is 0 Å². The van der Waals surface area contributed by atoms with E-state index in [0.29, 0.717) is 22.6 Å². The number of ether oxygens (including phenoxy) is 2. The van der Waals surface area contributed by atoms with Crippen LogP contribution < -0.4 is 14.8 Å². The highest BCUT2D eigenvalue weighted by molar-refractivity contribution is 9.10. The van der Waals surface area contributed by atoms with E-state index in [9.17, 15) is 4.39 Å². The van der Waals surface area contributed by atoms with E-state index >= 15 is 0 Å². The number of hydrogen-bond donors (Lipinski definition) is 1. The summed E-state index contributed by atoms with van der Waals surface area (Å²) in [6.45, 7) is 1.02. The number of nitrogens with one attached hydrogen (secondary N) is 1. The molecular formula is C23H28BrClFNO2. The van der Waals surface area contributed by atoms with Crippen molar-refractivity contribution < 1.29 is 13.9 Å². The van der Waals surface area contributed by atoms with Gasteiger partial charge in [0, 0.05) is 22.6 Å². The summed E-state index contributed by atoms with van der Waals surface area (Å²) in [6.07, 6.45) is 9.17. The van der Waals surface area contributed by atoms with Crippen molar-refractivity contribution in [3.63, 3.8) is 0 Å². The van der Waals surface area contributed by atoms with Gasteiger partial charge in [0.25, 0.3) is 0 Å². The lowest BCUT2D eigenvalue weighted by Crippen LogP contribution is -2.29. The lowest BCUT2D eigenvalue weighted by atomic mass is 9.96. The van der Waals surface area contributed by atoms with Crippen molar-refractivity contribution in [3.8, 4) is 11.5 Å². The second-order valence-electron chi connectivity index (χ2n) is 7.54. The van der Waals surface area contributed by atoms with Gasteiger partial charge < -0.3 is 14.8 Å². The first-order valence-electron chi connectivity index (χ1n) is 10.2. The predicted molar refractivity (Wildman–Crippen MR) is 119 cm³/mol. The molecule has 0 heterocycles. The third-order valence-electron chi connectivity index (χ3n) is 5.42. The van der Waals surface area contributed by atoms with Crippen molar-refractivity contribution in [1.82, 2.24) is 5.32 Å². The molecule has 1 saturated carbocycles. The summed E-state index contributed by atoms with van der Waals surface area (Å²) in [7, 11) is 1.63. The Morgan fingerprint density at radius 2 is 1.76 bits per heavy atom. The highest BCUT2D eigenvalue weighted by Crippen LogP contribution is 2.35. The zero-order chi connectivity index (χ0) is 20.6. The summed E-state index contributed by atoms with van der Waals surface area (Å²) >= 11 is 9.76. The third-order valence-corrected chi connectivity index (χ3v) is 6.51. The molecule has 1 N–H and O–H groups in total. The van der Waals surface area contributed by atoms with E-state index in [-0.39, 0.29) is 12.4 Å². The van der Waals surface area contributed by atoms with Crippen LogP contribution in [0.2, 0.25) is 5.02 Å². The monoisotopic (exact) mass is 483 g/mol. The molecule has 1 aliphatic carbocycles. The van der Waals surface area contributed by atoms with Gasteiger partial charge in [-0.2, -0.15) is 0 Å². The standard InChI is InChI=1S/C23H28BrClFNO2/c1-28-22-11-17(14-27-19-7-5-3-2-4-6-8-19)20(24)13-23(22)29-15-16-9-10-18(26)12-21(16)25/h9-13,19,27H,2-8,14-15H2,1H3. The quantitative estimate of drug-likeness (QED) is 0.457. The van der Waals surface area contributed by atoms with E-state index in [4.69, 9.17) is 21.1 Å². The first kappa shape index (κ1) is 22.4. The summed E-state index contributed by atoms with van der Waals surface area (Å²) in [5.74, 6) is 0.926. The van der Waals surface area contributed by atoms with E-state index in [2.05, 4.69) is 21.2 Å². The average Bonchev–Trinajstić information content (AvgIpc) is 2.67. The van der Waals surface area contributed by atoms with Crippen LogP contribution in [0.4, 0.5) is 4.39 Å². The molecule has 0 aromatic heterocycles. The number of hydrogen-bond acceptors (Lipinski definition) is 3. The average molecular weight is 485 g/mol. The normalized spacial score (nSPS) is 15.6. The van der Waals surface area contributed by atoms with Crippen molar-refractivity contribution >= 4 is 27.5 Å². The maximum atomic E-state index is 13.2. The van der Waals surface area contributed by atoms with Gasteiger partial charge in [0.1, 0.15) is 12.4 Å². The Balaban J connectivity index is 1.64. The third kappa shape index (κ3) is 6.59. The Morgan fingerprint density at radius 1 is 1.03 bits per heavy atom. The van der Waals surface area contributed by atoms with Gasteiger partial charge in [0.15, 0.2) is 11.5 Å². The van der Waals surface area contributed by atoms with E-state index in [1.807, 2.05) is 12.1 Å². The number of rotatable bonds is 7. The van der Waals surface area contributed by atoms with Crippen molar-refractivity contribution in [2.75, 3.05) is 7.11 Å². The van der Waals surface area contributed by atoms with Crippen LogP contribution in [0.1, 0.15) is 56.1 Å². The fourth-order valence-corrected chi connectivity index (χ4v) is 4.38. The van der Waals surface area contributed by atoms with Gasteiger partial charge in [-0.25, -0.2) is 4.39 Å². The number of halogens is 3. The van der Waals surface area contributed by atoms with Gasteiger partial charge in [0.2, 0.25) is 0 Å². The molecule has 29 heavy (non-hydrogen) atoms. The molecule has 0 radical (unpaired) electrons. The van der Waals surface area contributed by atoms with Gasteiger partial charge >= 0.3 is 0 Å². The zero-order valence-corrected chi connectivity index (χ0v) is 19.1. The van der Waals surface area contributed by atoms with Crippen LogP contribution >= 0.6 is 27.5 Å². The molecule has 3 rings (SSSR count). The van der Waals surface area contributed by atoms with E-state index in [1.165, 1.54) is 57.1 Å². The summed E-state index contributed by atoms with van der Waals surface area (Å²) in [5.41, 5.74) is 1.86. The topological polar surface area (TPSA) is 30.5 Å². The molecular weight excluding hydrogens is 457 g/mol. The highest BCUT2D eigenvalue weighted by atomic mass is 79.9. The molecule has 0 spiro atoms. The minimum atomic E-state index is -0.361. The Bertz CT molecular complexity index is 810. The van der Waals surface area contributed by atoms with Crippen LogP contribution in [0, 0.1) is 5.82 Å². The van der Waals surface area contributed by atoms with Gasteiger partial charge in [-0.3, -0.25) is 0 Å². The summed E-state index contributed by atoms with van der Waals surface area (Å²) in [5, 5.41) is 4.06. The zero-order valence-electron chi connectivity index (χ0n) is 16.8. The lowest BCUT2D eigenvalue weighted by molar-refractivity contribution is 0.284. The predicted octanol–water partition coefficient (Wildman–Crippen LogP) is 7.03. The second kappa shape index (κ2) is 11.2. The Morgan fingerprint density at radius 3 is 2.45 bits per heavy atom. The largest absolute Gasteiger partial charge is 0.493 e. The van der Waals surface area contributed by atoms with Crippen LogP contribution in [0.3, 0.4) is 0 Å². The maximum Gasteiger partial charge on any atom is 0.162 e. The molecule has 0 aliphatic heterocycles. The molecule has 2 aromatic carbocycles. The molecule has 0 saturated heterocycles. The molecule has 158 valence electrons. The lowest BCUT2D eigenvalue weighted by Gasteiger charge is -2.22. The second-order valence-corrected chi connectivity index (χ2v) is 8.80. The van der Waals surface area contributed by atoms with E-state index in [1.54, 1.807) is 13.2 Å². The minimum absolute atomic E-state index is 0.238. The van der Waals surface area contributed by atoms with E-state index in [0.717, 1.165) is 22.1 Å². The van der Waals surface area contributed by atoms with Crippen molar-refractivity contribution in [2.24, 2.45) is 0 Å². The molecule has 0 atom stereocenters. The van der Waals surface area contributed by atoms with Gasteiger partial charge in [0.05, 0.1) is 12.1 Å². The first-order chi connectivity index (χ1) is 14.1. The van der Waals surface area contributed by atoms with Crippen LogP contribution in [0.15, 0.2) is 34.8 Å². The molecule has 0 bridgehead atoms. The highest BCUT2D eigenvalue weighted by Gasteiger charge is 2.15. The van der Waals surface area contributed by atoms with Crippen molar-refractivity contribution in [1.29, 1.82) is 0 Å². The van der Waals surface area contributed by atoms with Crippen molar-refractivity contribution in [2.45, 2.75) is 64.1 Å². The fourth-order valence-electron chi connectivity index (χ4n) is 3.69. The summed E-state index contributed by atoms with van der Waals surface area (Å²) in [6, 6.07) is 8.80. The smallest absolute Gasteiger partial charge is 0.162 e. The molecule has 1 fully saturated rings. The molecule has 2 aromatic rings.